The molecule has 1 fully saturated rings. The van der Waals surface area contributed by atoms with E-state index in [2.05, 4.69) is 20.1 Å². The van der Waals surface area contributed by atoms with Crippen LogP contribution in [0.3, 0.4) is 0 Å². The van der Waals surface area contributed by atoms with Crippen LogP contribution in [0.15, 0.2) is 40.3 Å². The summed E-state index contributed by atoms with van der Waals surface area (Å²) in [4.78, 5) is 20.9. The van der Waals surface area contributed by atoms with Gasteiger partial charge in [-0.25, -0.2) is 4.98 Å². The third-order valence-corrected chi connectivity index (χ3v) is 5.47. The Morgan fingerprint density at radius 1 is 1.15 bits per heavy atom. The monoisotopic (exact) mass is 383 g/mol. The van der Waals surface area contributed by atoms with E-state index in [9.17, 15) is 4.79 Å². The SMILES string of the molecule is Cc1ccc(-c2nnc(CCC(=O)N3CCN(c4nccs4)CC3)o2)cc1. The predicted molar refractivity (Wildman–Crippen MR) is 104 cm³/mol. The molecule has 7 nitrogen and oxygen atoms in total. The molecule has 0 saturated carbocycles. The molecule has 0 bridgehead atoms. The van der Waals surface area contributed by atoms with Crippen LogP contribution in [0.2, 0.25) is 0 Å². The minimum absolute atomic E-state index is 0.129. The highest BCUT2D eigenvalue weighted by Gasteiger charge is 2.22. The highest BCUT2D eigenvalue weighted by molar-refractivity contribution is 7.13. The van der Waals surface area contributed by atoms with E-state index in [1.807, 2.05) is 47.7 Å². The second-order valence-electron chi connectivity index (χ2n) is 6.55. The van der Waals surface area contributed by atoms with E-state index in [-0.39, 0.29) is 5.91 Å². The predicted octanol–water partition coefficient (Wildman–Crippen LogP) is 2.78. The number of nitrogens with zero attached hydrogens (tertiary/aromatic N) is 5. The maximum atomic E-state index is 12.5. The van der Waals surface area contributed by atoms with E-state index in [0.717, 1.165) is 36.9 Å². The third-order valence-electron chi connectivity index (χ3n) is 4.64. The van der Waals surface area contributed by atoms with Crippen LogP contribution in [0.5, 0.6) is 0 Å². The van der Waals surface area contributed by atoms with Crippen molar-refractivity contribution in [2.24, 2.45) is 0 Å². The first-order valence-electron chi connectivity index (χ1n) is 9.01. The molecule has 8 heteroatoms. The minimum Gasteiger partial charge on any atom is -0.421 e. The Labute approximate surface area is 161 Å². The van der Waals surface area contributed by atoms with Crippen molar-refractivity contribution in [1.82, 2.24) is 20.1 Å². The van der Waals surface area contributed by atoms with Crippen LogP contribution in [-0.4, -0.2) is 52.2 Å². The van der Waals surface area contributed by atoms with Crippen molar-refractivity contribution in [2.45, 2.75) is 19.8 Å². The quantitative estimate of drug-likeness (QED) is 0.674. The Balaban J connectivity index is 1.28. The number of anilines is 1. The molecule has 27 heavy (non-hydrogen) atoms. The van der Waals surface area contributed by atoms with E-state index >= 15 is 0 Å². The van der Waals surface area contributed by atoms with Crippen LogP contribution in [0.25, 0.3) is 11.5 Å². The van der Waals surface area contributed by atoms with Crippen LogP contribution in [0, 0.1) is 6.92 Å². The van der Waals surface area contributed by atoms with E-state index < -0.39 is 0 Å². The fourth-order valence-electron chi connectivity index (χ4n) is 3.06. The lowest BCUT2D eigenvalue weighted by Gasteiger charge is -2.34. The summed E-state index contributed by atoms with van der Waals surface area (Å²) < 4.78 is 5.71. The molecule has 140 valence electrons. The molecule has 2 aromatic heterocycles. The number of rotatable bonds is 5. The third kappa shape index (κ3) is 4.16. The number of benzene rings is 1. The van der Waals surface area contributed by atoms with Crippen molar-refractivity contribution in [3.63, 3.8) is 0 Å². The summed E-state index contributed by atoms with van der Waals surface area (Å²) in [6, 6.07) is 7.93. The van der Waals surface area contributed by atoms with Gasteiger partial charge in [0.25, 0.3) is 0 Å². The zero-order valence-corrected chi connectivity index (χ0v) is 16.0. The fourth-order valence-corrected chi connectivity index (χ4v) is 3.76. The normalized spacial score (nSPS) is 14.6. The van der Waals surface area contributed by atoms with Gasteiger partial charge in [-0.05, 0) is 19.1 Å². The van der Waals surface area contributed by atoms with Crippen LogP contribution in [-0.2, 0) is 11.2 Å². The first-order chi connectivity index (χ1) is 13.2. The van der Waals surface area contributed by atoms with Crippen molar-refractivity contribution in [2.75, 3.05) is 31.1 Å². The molecule has 1 aliphatic heterocycles. The molecule has 3 heterocycles. The average Bonchev–Trinajstić information content (AvgIpc) is 3.39. The van der Waals surface area contributed by atoms with Crippen molar-refractivity contribution in [3.05, 3.63) is 47.3 Å². The summed E-state index contributed by atoms with van der Waals surface area (Å²) in [5, 5.41) is 11.2. The summed E-state index contributed by atoms with van der Waals surface area (Å²) in [6.07, 6.45) is 2.66. The van der Waals surface area contributed by atoms with Crippen LogP contribution in [0.1, 0.15) is 17.9 Å². The van der Waals surface area contributed by atoms with Gasteiger partial charge in [-0.2, -0.15) is 0 Å². The summed E-state index contributed by atoms with van der Waals surface area (Å²) in [5.41, 5.74) is 2.07. The van der Waals surface area contributed by atoms with Crippen LogP contribution in [0.4, 0.5) is 5.13 Å². The maximum Gasteiger partial charge on any atom is 0.247 e. The molecule has 0 radical (unpaired) electrons. The number of thiazole rings is 1. The fraction of sp³-hybridized carbons (Fsp3) is 0.368. The second-order valence-corrected chi connectivity index (χ2v) is 7.42. The number of carbonyl (C=O) groups excluding carboxylic acids is 1. The van der Waals surface area contributed by atoms with Gasteiger partial charge in [0.05, 0.1) is 0 Å². The number of piperazine rings is 1. The van der Waals surface area contributed by atoms with E-state index in [1.54, 1.807) is 11.3 Å². The Hall–Kier alpha value is -2.74. The lowest BCUT2D eigenvalue weighted by molar-refractivity contribution is -0.131. The molecular formula is C19H21N5O2S. The first-order valence-corrected chi connectivity index (χ1v) is 9.88. The first kappa shape index (κ1) is 17.7. The van der Waals surface area contributed by atoms with Gasteiger partial charge in [0.15, 0.2) is 5.13 Å². The Morgan fingerprint density at radius 2 is 1.93 bits per heavy atom. The summed E-state index contributed by atoms with van der Waals surface area (Å²) in [5.74, 6) is 1.12. The van der Waals surface area contributed by atoms with Crippen molar-refractivity contribution < 1.29 is 9.21 Å². The zero-order chi connectivity index (χ0) is 18.6. The lowest BCUT2D eigenvalue weighted by Crippen LogP contribution is -2.48. The molecule has 4 rings (SSSR count). The van der Waals surface area contributed by atoms with Gasteiger partial charge in [-0.3, -0.25) is 4.79 Å². The number of aromatic nitrogens is 3. The highest BCUT2D eigenvalue weighted by Crippen LogP contribution is 2.20. The van der Waals surface area contributed by atoms with Gasteiger partial charge in [0, 0.05) is 56.2 Å². The van der Waals surface area contributed by atoms with E-state index in [4.69, 9.17) is 4.42 Å². The van der Waals surface area contributed by atoms with Gasteiger partial charge < -0.3 is 14.2 Å². The molecule has 0 aliphatic carbocycles. The van der Waals surface area contributed by atoms with Crippen LogP contribution >= 0.6 is 11.3 Å². The standard InChI is InChI=1S/C19H21N5O2S/c1-14-2-4-15(5-3-14)18-22-21-16(26-18)6-7-17(25)23-9-11-24(12-10-23)19-20-8-13-27-19/h2-5,8,13H,6-7,9-12H2,1H3. The van der Waals surface area contributed by atoms with Crippen molar-refractivity contribution in [3.8, 4) is 11.5 Å². The number of carbonyl (C=O) groups is 1. The Morgan fingerprint density at radius 3 is 2.63 bits per heavy atom. The number of hydrogen-bond acceptors (Lipinski definition) is 7. The maximum absolute atomic E-state index is 12.5. The molecule has 3 aromatic rings. The highest BCUT2D eigenvalue weighted by atomic mass is 32.1. The van der Waals surface area contributed by atoms with E-state index in [0.29, 0.717) is 24.6 Å². The summed E-state index contributed by atoms with van der Waals surface area (Å²) in [7, 11) is 0. The topological polar surface area (TPSA) is 75.4 Å². The van der Waals surface area contributed by atoms with Crippen molar-refractivity contribution >= 4 is 22.4 Å². The Bertz CT molecular complexity index is 883. The molecular weight excluding hydrogens is 362 g/mol. The number of aryl methyl sites for hydroxylation is 2. The summed E-state index contributed by atoms with van der Waals surface area (Å²) in [6.45, 7) is 5.11. The number of amides is 1. The number of hydrogen-bond donors (Lipinski definition) is 0. The van der Waals surface area contributed by atoms with Gasteiger partial charge in [-0.15, -0.1) is 21.5 Å². The van der Waals surface area contributed by atoms with Gasteiger partial charge in [-0.1, -0.05) is 17.7 Å². The van der Waals surface area contributed by atoms with E-state index in [1.165, 1.54) is 5.56 Å². The lowest BCUT2D eigenvalue weighted by atomic mass is 10.1. The largest absolute Gasteiger partial charge is 0.421 e. The van der Waals surface area contributed by atoms with Gasteiger partial charge in [0.2, 0.25) is 17.7 Å². The van der Waals surface area contributed by atoms with Crippen LogP contribution < -0.4 is 4.90 Å². The minimum atomic E-state index is 0.129. The molecule has 1 saturated heterocycles. The van der Waals surface area contributed by atoms with Gasteiger partial charge in [0.1, 0.15) is 0 Å². The molecule has 0 N–H and O–H groups in total. The molecule has 0 spiro atoms. The summed E-state index contributed by atoms with van der Waals surface area (Å²) >= 11 is 1.63. The molecule has 1 aliphatic rings. The molecule has 0 atom stereocenters. The smallest absolute Gasteiger partial charge is 0.247 e. The molecule has 0 unspecified atom stereocenters. The second kappa shape index (κ2) is 7.87. The zero-order valence-electron chi connectivity index (χ0n) is 15.2. The average molecular weight is 383 g/mol. The Kier molecular flexibility index (Phi) is 5.15. The molecule has 1 amide bonds. The van der Waals surface area contributed by atoms with Gasteiger partial charge >= 0.3 is 0 Å². The molecule has 1 aromatic carbocycles. The van der Waals surface area contributed by atoms with Crippen molar-refractivity contribution in [1.29, 1.82) is 0 Å².